The third-order valence-electron chi connectivity index (χ3n) is 9.33. The van der Waals surface area contributed by atoms with Gasteiger partial charge in [0.05, 0.1) is 28.6 Å². The van der Waals surface area contributed by atoms with E-state index in [9.17, 15) is 43.9 Å². The Bertz CT molecular complexity index is 2070. The van der Waals surface area contributed by atoms with E-state index in [2.05, 4.69) is 15.1 Å². The van der Waals surface area contributed by atoms with Crippen molar-refractivity contribution in [1.29, 1.82) is 0 Å². The van der Waals surface area contributed by atoms with Crippen LogP contribution in [0.3, 0.4) is 0 Å². The Morgan fingerprint density at radius 1 is 0.898 bits per heavy atom. The molecule has 3 aliphatic rings. The number of pyridine rings is 2. The van der Waals surface area contributed by atoms with Gasteiger partial charge in [0.15, 0.2) is 5.78 Å². The average Bonchev–Trinajstić information content (AvgIpc) is 3.81. The Labute approximate surface area is 275 Å². The van der Waals surface area contributed by atoms with E-state index in [0.717, 1.165) is 18.3 Å². The number of alkyl halides is 6. The highest BCUT2D eigenvalue weighted by Gasteiger charge is 2.54. The number of ketones is 1. The van der Waals surface area contributed by atoms with E-state index in [1.54, 1.807) is 10.8 Å². The minimum absolute atomic E-state index is 0.0387. The van der Waals surface area contributed by atoms with Gasteiger partial charge in [-0.25, -0.2) is 17.5 Å². The van der Waals surface area contributed by atoms with E-state index in [0.29, 0.717) is 53.7 Å². The molecule has 49 heavy (non-hydrogen) atoms. The van der Waals surface area contributed by atoms with Gasteiger partial charge in [0, 0.05) is 24.5 Å². The summed E-state index contributed by atoms with van der Waals surface area (Å²) >= 11 is 0. The molecule has 2 atom stereocenters. The molecule has 4 aromatic rings. The molecule has 0 radical (unpaired) electrons. The van der Waals surface area contributed by atoms with Gasteiger partial charge in [-0.05, 0) is 98.7 Å². The zero-order chi connectivity index (χ0) is 34.9. The molecule has 7 rings (SSSR count). The summed E-state index contributed by atoms with van der Waals surface area (Å²) in [6.07, 6.45) is -3.54. The van der Waals surface area contributed by atoms with Gasteiger partial charge in [-0.1, -0.05) is 5.57 Å². The van der Waals surface area contributed by atoms with Crippen LogP contribution in [-0.2, 0) is 28.8 Å². The maximum atomic E-state index is 14.5. The molecule has 16 heteroatoms. The molecule has 3 heterocycles. The minimum Gasteiger partial charge on any atom is -0.291 e. The number of allylic oxidation sites excluding steroid dienone is 1. The van der Waals surface area contributed by atoms with Crippen LogP contribution in [0.2, 0.25) is 0 Å². The number of hydrogen-bond donors (Lipinski definition) is 0. The number of Topliss-reactive ketones (excluding diaryl/α,β-unsaturated/α-hetero) is 1. The van der Waals surface area contributed by atoms with Crippen molar-refractivity contribution in [3.63, 3.8) is 0 Å². The summed E-state index contributed by atoms with van der Waals surface area (Å²) in [6, 6.07) is 7.11. The zero-order valence-electron chi connectivity index (χ0n) is 25.3. The summed E-state index contributed by atoms with van der Waals surface area (Å²) in [5.74, 6) is -1.18. The van der Waals surface area contributed by atoms with Crippen LogP contribution in [0.5, 0.6) is 0 Å². The number of fused-ring (bicyclic) bond motifs is 2. The second-order valence-electron chi connectivity index (χ2n) is 12.5. The van der Waals surface area contributed by atoms with Gasteiger partial charge >= 0.3 is 12.4 Å². The molecule has 0 spiro atoms. The third-order valence-corrected chi connectivity index (χ3v) is 11.3. The molecule has 2 fully saturated rings. The second-order valence-corrected chi connectivity index (χ2v) is 14.3. The fraction of sp³-hybridized carbons (Fsp3) is 0.333. The second kappa shape index (κ2) is 11.6. The number of benzene rings is 1. The normalized spacial score (nSPS) is 21.2. The summed E-state index contributed by atoms with van der Waals surface area (Å²) in [5.41, 5.74) is -2.07. The van der Waals surface area contributed by atoms with Crippen molar-refractivity contribution in [2.24, 2.45) is 5.41 Å². The zero-order valence-corrected chi connectivity index (χ0v) is 26.2. The van der Waals surface area contributed by atoms with Crippen LogP contribution in [0, 0.1) is 11.2 Å². The summed E-state index contributed by atoms with van der Waals surface area (Å²) in [5, 5.41) is 4.44. The van der Waals surface area contributed by atoms with E-state index in [1.807, 2.05) is 0 Å². The van der Waals surface area contributed by atoms with Crippen LogP contribution in [0.25, 0.3) is 11.8 Å². The van der Waals surface area contributed by atoms with Crippen LogP contribution >= 0.6 is 0 Å². The Morgan fingerprint density at radius 2 is 1.63 bits per heavy atom. The predicted octanol–water partition coefficient (Wildman–Crippen LogP) is 7.05. The average molecular weight is 706 g/mol. The SMILES string of the molecule is O=C(c1cc(C(F)(F)F)ccn1)[C@]12Cc3cnn(-c4ccc(F)cc4)c3C=C1CC[C@H](N(C1CC1)S(=O)(=O)c1ccc(C(F)(F)F)nc1)C2. The first-order valence-electron chi connectivity index (χ1n) is 15.3. The standard InChI is InChI=1S/C33H26F7N5O3S/c34-22-2-5-23(6-3-22)44-28-14-20-1-4-25(45(24-7-8-24)49(47,48)26-9-10-29(42-18-26)33(38,39)40)16-31(20,15-19(28)17-43-44)30(46)27-13-21(11-12-41-27)32(35,36)37/h2-3,5-6,9-14,17-18,24-25H,1,4,7-8,15-16H2/t25-,31-/m0/s1. The van der Waals surface area contributed by atoms with Crippen LogP contribution in [0.1, 0.15) is 65.1 Å². The topological polar surface area (TPSA) is 98.0 Å². The summed E-state index contributed by atoms with van der Waals surface area (Å²) in [7, 11) is -4.42. The number of hydrogen-bond acceptors (Lipinski definition) is 6. The molecule has 3 aromatic heterocycles. The highest BCUT2D eigenvalue weighted by atomic mass is 32.2. The molecule has 8 nitrogen and oxygen atoms in total. The highest BCUT2D eigenvalue weighted by molar-refractivity contribution is 7.89. The molecule has 2 saturated carbocycles. The fourth-order valence-electron chi connectivity index (χ4n) is 6.91. The monoisotopic (exact) mass is 705 g/mol. The van der Waals surface area contributed by atoms with Crippen LogP contribution < -0.4 is 0 Å². The molecule has 1 aromatic carbocycles. The van der Waals surface area contributed by atoms with Gasteiger partial charge in [0.2, 0.25) is 10.0 Å². The van der Waals surface area contributed by atoms with Crippen LogP contribution in [0.15, 0.2) is 77.6 Å². The van der Waals surface area contributed by atoms with E-state index < -0.39 is 73.3 Å². The number of halogens is 7. The molecule has 256 valence electrons. The number of nitrogens with zero attached hydrogens (tertiary/aromatic N) is 5. The first-order chi connectivity index (χ1) is 23.1. The molecular formula is C33H26F7N5O3S. The fourth-order valence-corrected chi connectivity index (χ4v) is 8.75. The Balaban J connectivity index is 1.31. The minimum atomic E-state index is -4.78. The van der Waals surface area contributed by atoms with Gasteiger partial charge in [-0.2, -0.15) is 35.7 Å². The molecule has 0 amide bonds. The molecule has 0 bridgehead atoms. The molecule has 0 N–H and O–H groups in total. The molecular weight excluding hydrogens is 679 g/mol. The Kier molecular flexibility index (Phi) is 7.81. The number of carbonyl (C=O) groups excluding carboxylic acids is 1. The van der Waals surface area contributed by atoms with Crippen molar-refractivity contribution in [1.82, 2.24) is 24.1 Å². The molecule has 0 unspecified atom stereocenters. The van der Waals surface area contributed by atoms with Crippen molar-refractivity contribution >= 4 is 21.9 Å². The lowest BCUT2D eigenvalue weighted by Crippen LogP contribution is -2.51. The van der Waals surface area contributed by atoms with Crippen molar-refractivity contribution < 1.29 is 43.9 Å². The third kappa shape index (κ3) is 5.94. The summed E-state index contributed by atoms with van der Waals surface area (Å²) in [4.78, 5) is 21.4. The highest BCUT2D eigenvalue weighted by Crippen LogP contribution is 2.53. The number of aromatic nitrogens is 4. The lowest BCUT2D eigenvalue weighted by atomic mass is 9.60. The maximum absolute atomic E-state index is 14.5. The van der Waals surface area contributed by atoms with Gasteiger partial charge in [-0.15, -0.1) is 0 Å². The largest absolute Gasteiger partial charge is 0.433 e. The van der Waals surface area contributed by atoms with Gasteiger partial charge < -0.3 is 0 Å². The quantitative estimate of drug-likeness (QED) is 0.151. The molecule has 0 aliphatic heterocycles. The molecule has 0 saturated heterocycles. The van der Waals surface area contributed by atoms with Crippen molar-refractivity contribution in [2.75, 3.05) is 0 Å². The van der Waals surface area contributed by atoms with E-state index in [4.69, 9.17) is 0 Å². The summed E-state index contributed by atoms with van der Waals surface area (Å²) < 4.78 is 125. The first kappa shape index (κ1) is 33.1. The van der Waals surface area contributed by atoms with E-state index in [-0.39, 0.29) is 25.7 Å². The van der Waals surface area contributed by atoms with Crippen molar-refractivity contribution in [3.05, 3.63) is 107 Å². The maximum Gasteiger partial charge on any atom is 0.433 e. The van der Waals surface area contributed by atoms with E-state index in [1.165, 1.54) is 34.8 Å². The summed E-state index contributed by atoms with van der Waals surface area (Å²) in [6.45, 7) is 0. The predicted molar refractivity (Wildman–Crippen MR) is 160 cm³/mol. The number of sulfonamides is 1. The van der Waals surface area contributed by atoms with Crippen molar-refractivity contribution in [3.8, 4) is 5.69 Å². The van der Waals surface area contributed by atoms with Crippen LogP contribution in [-0.4, -0.2) is 50.3 Å². The van der Waals surface area contributed by atoms with Gasteiger partial charge in [0.25, 0.3) is 0 Å². The van der Waals surface area contributed by atoms with Crippen molar-refractivity contribution in [2.45, 2.75) is 67.9 Å². The van der Waals surface area contributed by atoms with Crippen LogP contribution in [0.4, 0.5) is 30.7 Å². The molecule has 3 aliphatic carbocycles. The first-order valence-corrected chi connectivity index (χ1v) is 16.7. The van der Waals surface area contributed by atoms with Gasteiger partial charge in [0.1, 0.15) is 22.1 Å². The lowest BCUT2D eigenvalue weighted by Gasteiger charge is -2.46. The number of carbonyl (C=O) groups is 1. The van der Waals surface area contributed by atoms with E-state index >= 15 is 0 Å². The number of rotatable bonds is 7. The lowest BCUT2D eigenvalue weighted by molar-refractivity contribution is -0.141. The smallest absolute Gasteiger partial charge is 0.291 e. The Hall–Kier alpha value is -4.44. The van der Waals surface area contributed by atoms with Gasteiger partial charge in [-0.3, -0.25) is 14.8 Å². The Morgan fingerprint density at radius 3 is 2.27 bits per heavy atom.